The van der Waals surface area contributed by atoms with Crippen molar-refractivity contribution in [3.63, 3.8) is 0 Å². The van der Waals surface area contributed by atoms with E-state index >= 15 is 0 Å². The molecule has 0 unspecified atom stereocenters. The Kier molecular flexibility index (Phi) is 7.86. The van der Waals surface area contributed by atoms with E-state index < -0.39 is 5.83 Å². The molecule has 0 amide bonds. The maximum atomic E-state index is 12.8. The Morgan fingerprint density at radius 1 is 0.957 bits per heavy atom. The van der Waals surface area contributed by atoms with E-state index in [0.717, 1.165) is 30.1 Å². The van der Waals surface area contributed by atoms with Gasteiger partial charge in [0, 0.05) is 0 Å². The van der Waals surface area contributed by atoms with Crippen LogP contribution in [-0.2, 0) is 0 Å². The number of rotatable bonds is 6. The fraction of sp³-hybridized carbons (Fsp3) is 0.762. The van der Waals surface area contributed by atoms with Crippen molar-refractivity contribution in [1.29, 1.82) is 5.26 Å². The van der Waals surface area contributed by atoms with Crippen LogP contribution in [0.1, 0.15) is 77.6 Å². The summed E-state index contributed by atoms with van der Waals surface area (Å²) in [5, 5.41) is 8.40. The summed E-state index contributed by atoms with van der Waals surface area (Å²) in [4.78, 5) is 0. The standard InChI is InChI=1S/C21H32FN/c1-2-17-6-8-19(9-7-17)14-15-20-12-10-18(11-13-20)4-3-5-21(22)16-23/h5,14-15,17-20H,2-4,6-13H2,1H3/b15-14+,21-5-/t17-,18-,19-,20-. The van der Waals surface area contributed by atoms with E-state index in [4.69, 9.17) is 5.26 Å². The summed E-state index contributed by atoms with van der Waals surface area (Å²) in [6, 6.07) is 1.55. The Morgan fingerprint density at radius 2 is 1.48 bits per heavy atom. The van der Waals surface area contributed by atoms with Crippen molar-refractivity contribution in [2.75, 3.05) is 0 Å². The number of halogens is 1. The Morgan fingerprint density at radius 3 is 1.96 bits per heavy atom. The van der Waals surface area contributed by atoms with E-state index in [9.17, 15) is 4.39 Å². The highest BCUT2D eigenvalue weighted by Gasteiger charge is 2.21. The molecule has 0 spiro atoms. The third kappa shape index (κ3) is 6.50. The molecule has 0 aliphatic heterocycles. The lowest BCUT2D eigenvalue weighted by Crippen LogP contribution is -2.14. The number of hydrogen-bond acceptors (Lipinski definition) is 1. The first kappa shape index (κ1) is 18.2. The minimum absolute atomic E-state index is 0.626. The second kappa shape index (κ2) is 9.91. The molecule has 0 atom stereocenters. The first-order valence-corrected chi connectivity index (χ1v) is 9.65. The zero-order valence-corrected chi connectivity index (χ0v) is 14.6. The maximum absolute atomic E-state index is 12.8. The molecule has 23 heavy (non-hydrogen) atoms. The van der Waals surface area contributed by atoms with Gasteiger partial charge in [0.15, 0.2) is 5.83 Å². The van der Waals surface area contributed by atoms with Gasteiger partial charge in [-0.1, -0.05) is 25.5 Å². The molecule has 0 radical (unpaired) electrons. The van der Waals surface area contributed by atoms with Gasteiger partial charge >= 0.3 is 0 Å². The van der Waals surface area contributed by atoms with Crippen LogP contribution < -0.4 is 0 Å². The molecule has 0 aromatic heterocycles. The van der Waals surface area contributed by atoms with Gasteiger partial charge in [-0.05, 0) is 94.0 Å². The maximum Gasteiger partial charge on any atom is 0.196 e. The molecular weight excluding hydrogens is 285 g/mol. The van der Waals surface area contributed by atoms with E-state index in [2.05, 4.69) is 19.1 Å². The summed E-state index contributed by atoms with van der Waals surface area (Å²) < 4.78 is 12.8. The van der Waals surface area contributed by atoms with Gasteiger partial charge in [-0.3, -0.25) is 0 Å². The summed E-state index contributed by atoms with van der Waals surface area (Å²) in [5.41, 5.74) is 0. The highest BCUT2D eigenvalue weighted by Crippen LogP contribution is 2.35. The van der Waals surface area contributed by atoms with E-state index in [1.165, 1.54) is 63.9 Å². The van der Waals surface area contributed by atoms with Gasteiger partial charge in [0.2, 0.25) is 0 Å². The normalized spacial score (nSPS) is 32.8. The van der Waals surface area contributed by atoms with Gasteiger partial charge in [0.1, 0.15) is 6.07 Å². The number of hydrogen-bond donors (Lipinski definition) is 0. The van der Waals surface area contributed by atoms with Crippen molar-refractivity contribution >= 4 is 0 Å². The average molecular weight is 317 g/mol. The minimum atomic E-state index is -0.626. The first-order valence-electron chi connectivity index (χ1n) is 9.65. The lowest BCUT2D eigenvalue weighted by atomic mass is 9.78. The number of allylic oxidation sites excluding steroid dienone is 4. The summed E-state index contributed by atoms with van der Waals surface area (Å²) >= 11 is 0. The van der Waals surface area contributed by atoms with Gasteiger partial charge < -0.3 is 0 Å². The van der Waals surface area contributed by atoms with Crippen molar-refractivity contribution in [3.8, 4) is 6.07 Å². The van der Waals surface area contributed by atoms with Crippen molar-refractivity contribution in [1.82, 2.24) is 0 Å². The summed E-state index contributed by atoms with van der Waals surface area (Å²) in [6.07, 6.45) is 20.3. The van der Waals surface area contributed by atoms with E-state index in [1.54, 1.807) is 6.07 Å². The highest BCUT2D eigenvalue weighted by molar-refractivity contribution is 5.11. The van der Waals surface area contributed by atoms with Crippen molar-refractivity contribution in [2.45, 2.75) is 77.6 Å². The van der Waals surface area contributed by atoms with Gasteiger partial charge in [-0.15, -0.1) is 0 Å². The Hall–Kier alpha value is -1.10. The van der Waals surface area contributed by atoms with Gasteiger partial charge in [-0.25, -0.2) is 0 Å². The molecule has 1 nitrogen and oxygen atoms in total. The first-order chi connectivity index (χ1) is 11.2. The highest BCUT2D eigenvalue weighted by atomic mass is 19.1. The SMILES string of the molecule is CC[C@H]1CC[C@H](/C=C/[C@H]2CC[C@H](CC/C=C(\F)C#N)CC2)CC1. The second-order valence-corrected chi connectivity index (χ2v) is 7.60. The van der Waals surface area contributed by atoms with Crippen LogP contribution in [0, 0.1) is 35.0 Å². The monoisotopic (exact) mass is 317 g/mol. The molecule has 2 rings (SSSR count). The molecule has 128 valence electrons. The van der Waals surface area contributed by atoms with Crippen LogP contribution in [0.15, 0.2) is 24.1 Å². The predicted octanol–water partition coefficient (Wildman–Crippen LogP) is 6.72. The molecule has 0 N–H and O–H groups in total. The fourth-order valence-electron chi connectivity index (χ4n) is 4.26. The third-order valence-corrected chi connectivity index (χ3v) is 6.02. The molecule has 2 fully saturated rings. The molecule has 0 heterocycles. The van der Waals surface area contributed by atoms with Crippen molar-refractivity contribution < 1.29 is 4.39 Å². The fourth-order valence-corrected chi connectivity index (χ4v) is 4.26. The molecule has 2 saturated carbocycles. The molecule has 0 bridgehead atoms. The molecule has 0 saturated heterocycles. The average Bonchev–Trinajstić information content (AvgIpc) is 2.61. The summed E-state index contributed by atoms with van der Waals surface area (Å²) in [6.45, 7) is 2.32. The number of nitriles is 1. The third-order valence-electron chi connectivity index (χ3n) is 6.02. The topological polar surface area (TPSA) is 23.8 Å². The zero-order chi connectivity index (χ0) is 16.5. The molecule has 2 aliphatic rings. The summed E-state index contributed by atoms with van der Waals surface area (Å²) in [5.74, 6) is 2.67. The largest absolute Gasteiger partial charge is 0.196 e. The quantitative estimate of drug-likeness (QED) is 0.394. The van der Waals surface area contributed by atoms with Gasteiger partial charge in [0.25, 0.3) is 0 Å². The van der Waals surface area contributed by atoms with Crippen LogP contribution >= 0.6 is 0 Å². The lowest BCUT2D eigenvalue weighted by Gasteiger charge is -2.28. The van der Waals surface area contributed by atoms with Crippen LogP contribution in [0.2, 0.25) is 0 Å². The Bertz CT molecular complexity index is 429. The zero-order valence-electron chi connectivity index (χ0n) is 14.6. The Balaban J connectivity index is 1.63. The van der Waals surface area contributed by atoms with E-state index in [1.807, 2.05) is 0 Å². The smallest absolute Gasteiger partial charge is 0.195 e. The van der Waals surface area contributed by atoms with Crippen LogP contribution in [0.4, 0.5) is 4.39 Å². The van der Waals surface area contributed by atoms with Crippen LogP contribution in [0.5, 0.6) is 0 Å². The molecule has 2 aliphatic carbocycles. The van der Waals surface area contributed by atoms with Crippen LogP contribution in [0.3, 0.4) is 0 Å². The van der Waals surface area contributed by atoms with Crippen molar-refractivity contribution in [2.24, 2.45) is 23.7 Å². The molecule has 0 aromatic carbocycles. The van der Waals surface area contributed by atoms with Crippen molar-refractivity contribution in [3.05, 3.63) is 24.1 Å². The van der Waals surface area contributed by atoms with Crippen LogP contribution in [-0.4, -0.2) is 0 Å². The van der Waals surface area contributed by atoms with Gasteiger partial charge in [-0.2, -0.15) is 9.65 Å². The second-order valence-electron chi connectivity index (χ2n) is 7.60. The lowest BCUT2D eigenvalue weighted by molar-refractivity contribution is 0.289. The molecule has 0 aromatic rings. The predicted molar refractivity (Wildman–Crippen MR) is 94.4 cm³/mol. The van der Waals surface area contributed by atoms with E-state index in [-0.39, 0.29) is 0 Å². The van der Waals surface area contributed by atoms with E-state index in [0.29, 0.717) is 6.42 Å². The summed E-state index contributed by atoms with van der Waals surface area (Å²) in [7, 11) is 0. The number of nitrogens with zero attached hydrogens (tertiary/aromatic N) is 1. The molecular formula is C21H32FN. The van der Waals surface area contributed by atoms with Gasteiger partial charge in [0.05, 0.1) is 0 Å². The Labute approximate surface area is 141 Å². The minimum Gasteiger partial charge on any atom is -0.195 e. The van der Waals surface area contributed by atoms with Crippen LogP contribution in [0.25, 0.3) is 0 Å². The molecule has 2 heteroatoms.